The third-order valence-electron chi connectivity index (χ3n) is 4.36. The quantitative estimate of drug-likeness (QED) is 0.434. The largest absolute Gasteiger partial charge is 0.435 e. The Kier molecular flexibility index (Phi) is 5.18. The zero-order chi connectivity index (χ0) is 20.4. The highest BCUT2D eigenvalue weighted by molar-refractivity contribution is 7.17. The normalized spacial score (nSPS) is 11.1. The first-order valence-corrected chi connectivity index (χ1v) is 9.51. The molecule has 0 aliphatic rings. The summed E-state index contributed by atoms with van der Waals surface area (Å²) in [7, 11) is 0. The average Bonchev–Trinajstić information content (AvgIpc) is 3.16. The van der Waals surface area contributed by atoms with Crippen LogP contribution in [-0.2, 0) is 6.54 Å². The van der Waals surface area contributed by atoms with Gasteiger partial charge in [-0.25, -0.2) is 4.98 Å². The smallest absolute Gasteiger partial charge is 0.387 e. The average molecular weight is 412 g/mol. The highest BCUT2D eigenvalue weighted by Gasteiger charge is 2.15. The Labute approximate surface area is 167 Å². The number of halogens is 2. The van der Waals surface area contributed by atoms with Crippen molar-refractivity contribution in [2.75, 3.05) is 0 Å². The van der Waals surface area contributed by atoms with Crippen molar-refractivity contribution in [3.8, 4) is 16.9 Å². The van der Waals surface area contributed by atoms with Gasteiger partial charge in [-0.3, -0.25) is 14.2 Å². The molecule has 0 saturated carbocycles. The Hall–Kier alpha value is -3.39. The van der Waals surface area contributed by atoms with Crippen LogP contribution in [0.15, 0.2) is 71.1 Å². The Morgan fingerprint density at radius 3 is 2.52 bits per heavy atom. The van der Waals surface area contributed by atoms with E-state index in [9.17, 15) is 18.4 Å². The van der Waals surface area contributed by atoms with E-state index in [1.165, 1.54) is 46.5 Å². The van der Waals surface area contributed by atoms with E-state index in [1.54, 1.807) is 0 Å². The van der Waals surface area contributed by atoms with E-state index in [2.05, 4.69) is 9.72 Å². The number of Topliss-reactive ketones (excluding diaryl/α,β-unsaturated/α-hetero) is 1. The van der Waals surface area contributed by atoms with Gasteiger partial charge in [0.2, 0.25) is 0 Å². The van der Waals surface area contributed by atoms with Crippen LogP contribution in [0.25, 0.3) is 21.3 Å². The van der Waals surface area contributed by atoms with Crippen LogP contribution in [0.2, 0.25) is 0 Å². The topological polar surface area (TPSA) is 61.2 Å². The van der Waals surface area contributed by atoms with Crippen molar-refractivity contribution in [1.29, 1.82) is 0 Å². The van der Waals surface area contributed by atoms with Gasteiger partial charge in [0.1, 0.15) is 10.6 Å². The number of aromatic nitrogens is 2. The summed E-state index contributed by atoms with van der Waals surface area (Å²) >= 11 is 1.37. The van der Waals surface area contributed by atoms with Gasteiger partial charge in [-0.15, -0.1) is 11.3 Å². The summed E-state index contributed by atoms with van der Waals surface area (Å²) < 4.78 is 30.0. The van der Waals surface area contributed by atoms with Crippen molar-refractivity contribution in [2.45, 2.75) is 13.2 Å². The second kappa shape index (κ2) is 7.92. The molecular weight excluding hydrogens is 398 g/mol. The lowest BCUT2D eigenvalue weighted by Gasteiger charge is -2.07. The number of rotatable bonds is 6. The van der Waals surface area contributed by atoms with Gasteiger partial charge in [0.15, 0.2) is 5.78 Å². The molecule has 2 aromatic carbocycles. The first kappa shape index (κ1) is 18.9. The Bertz CT molecular complexity index is 1220. The van der Waals surface area contributed by atoms with Crippen molar-refractivity contribution in [1.82, 2.24) is 9.55 Å². The summed E-state index contributed by atoms with van der Waals surface area (Å²) in [5, 5.41) is 2.35. The van der Waals surface area contributed by atoms with E-state index < -0.39 is 6.61 Å². The van der Waals surface area contributed by atoms with Crippen LogP contribution in [0.1, 0.15) is 10.4 Å². The minimum absolute atomic E-state index is 0.0393. The van der Waals surface area contributed by atoms with Crippen molar-refractivity contribution in [3.63, 3.8) is 0 Å². The summed E-state index contributed by atoms with van der Waals surface area (Å²) in [6, 6.07) is 14.8. The van der Waals surface area contributed by atoms with Gasteiger partial charge in [0, 0.05) is 16.5 Å². The molecule has 5 nitrogen and oxygen atoms in total. The summed E-state index contributed by atoms with van der Waals surface area (Å²) in [5.41, 5.74) is 1.66. The summed E-state index contributed by atoms with van der Waals surface area (Å²) in [5.74, 6) is -0.379. The molecule has 4 rings (SSSR count). The maximum absolute atomic E-state index is 13.0. The highest BCUT2D eigenvalue weighted by atomic mass is 32.1. The molecule has 2 heterocycles. The van der Waals surface area contributed by atoms with Gasteiger partial charge in [-0.2, -0.15) is 8.78 Å². The highest BCUT2D eigenvalue weighted by Crippen LogP contribution is 2.30. The number of nitrogens with zero attached hydrogens (tertiary/aromatic N) is 2. The third kappa shape index (κ3) is 3.93. The number of thiophene rings is 1. The van der Waals surface area contributed by atoms with E-state index >= 15 is 0 Å². The molecule has 0 fully saturated rings. The zero-order valence-electron chi connectivity index (χ0n) is 14.9. The van der Waals surface area contributed by atoms with Crippen molar-refractivity contribution in [3.05, 3.63) is 82.2 Å². The Morgan fingerprint density at radius 2 is 1.83 bits per heavy atom. The maximum Gasteiger partial charge on any atom is 0.387 e. The monoisotopic (exact) mass is 412 g/mol. The summed E-state index contributed by atoms with van der Waals surface area (Å²) in [4.78, 5) is 30.5. The second-order valence-electron chi connectivity index (χ2n) is 6.20. The number of hydrogen-bond acceptors (Lipinski definition) is 5. The number of ether oxygens (including phenoxy) is 1. The number of fused-ring (bicyclic) bond motifs is 1. The predicted molar refractivity (Wildman–Crippen MR) is 107 cm³/mol. The lowest BCUT2D eigenvalue weighted by atomic mass is 10.1. The molecule has 0 unspecified atom stereocenters. The lowest BCUT2D eigenvalue weighted by Crippen LogP contribution is -2.24. The van der Waals surface area contributed by atoms with E-state index in [0.29, 0.717) is 10.2 Å². The van der Waals surface area contributed by atoms with Gasteiger partial charge in [-0.05, 0) is 29.8 Å². The fourth-order valence-corrected chi connectivity index (χ4v) is 3.89. The zero-order valence-corrected chi connectivity index (χ0v) is 15.7. The molecule has 4 aromatic rings. The first-order chi connectivity index (χ1) is 14.0. The van der Waals surface area contributed by atoms with Crippen molar-refractivity contribution < 1.29 is 18.3 Å². The number of carbonyl (C=O) groups is 1. The number of carbonyl (C=O) groups excluding carboxylic acids is 1. The number of benzene rings is 2. The minimum atomic E-state index is -2.93. The molecule has 0 radical (unpaired) electrons. The SMILES string of the molecule is O=C(Cn1cnc2scc(-c3ccccc3)c2c1=O)c1ccc(OC(F)F)cc1. The predicted octanol–water partition coefficient (Wildman–Crippen LogP) is 4.61. The molecule has 0 amide bonds. The summed E-state index contributed by atoms with van der Waals surface area (Å²) in [6.07, 6.45) is 1.35. The number of alkyl halides is 2. The molecule has 2 aromatic heterocycles. The number of ketones is 1. The molecule has 8 heteroatoms. The molecule has 0 atom stereocenters. The van der Waals surface area contributed by atoms with Crippen LogP contribution < -0.4 is 10.3 Å². The third-order valence-corrected chi connectivity index (χ3v) is 5.25. The molecule has 0 spiro atoms. The molecule has 0 saturated heterocycles. The van der Waals surface area contributed by atoms with E-state index in [4.69, 9.17) is 0 Å². The van der Waals surface area contributed by atoms with Crippen LogP contribution in [-0.4, -0.2) is 21.9 Å². The van der Waals surface area contributed by atoms with Crippen LogP contribution >= 0.6 is 11.3 Å². The number of hydrogen-bond donors (Lipinski definition) is 0. The molecule has 0 bridgehead atoms. The Morgan fingerprint density at radius 1 is 1.10 bits per heavy atom. The van der Waals surface area contributed by atoms with E-state index in [1.807, 2.05) is 35.7 Å². The van der Waals surface area contributed by atoms with Crippen LogP contribution in [0, 0.1) is 0 Å². The fourth-order valence-electron chi connectivity index (χ4n) is 2.98. The fraction of sp³-hybridized carbons (Fsp3) is 0.0952. The summed E-state index contributed by atoms with van der Waals surface area (Å²) in [6.45, 7) is -3.14. The van der Waals surface area contributed by atoms with Gasteiger partial charge in [-0.1, -0.05) is 30.3 Å². The van der Waals surface area contributed by atoms with E-state index in [-0.39, 0.29) is 29.2 Å². The molecule has 0 aliphatic heterocycles. The Balaban J connectivity index is 1.64. The molecule has 0 N–H and O–H groups in total. The van der Waals surface area contributed by atoms with Crippen molar-refractivity contribution >= 4 is 27.3 Å². The molecule has 29 heavy (non-hydrogen) atoms. The van der Waals surface area contributed by atoms with Crippen LogP contribution in [0.4, 0.5) is 8.78 Å². The lowest BCUT2D eigenvalue weighted by molar-refractivity contribution is -0.0498. The first-order valence-electron chi connectivity index (χ1n) is 8.63. The second-order valence-corrected chi connectivity index (χ2v) is 7.06. The van der Waals surface area contributed by atoms with Crippen LogP contribution in [0.5, 0.6) is 5.75 Å². The molecule has 0 aliphatic carbocycles. The van der Waals surface area contributed by atoms with Gasteiger partial charge < -0.3 is 4.74 Å². The standard InChI is InChI=1S/C21H14F2N2O3S/c22-21(23)28-15-8-6-14(7-9-15)17(26)10-25-12-24-19-18(20(25)27)16(11-29-19)13-4-2-1-3-5-13/h1-9,11-12,21H,10H2. The van der Waals surface area contributed by atoms with Gasteiger partial charge in [0.05, 0.1) is 18.3 Å². The maximum atomic E-state index is 13.0. The van der Waals surface area contributed by atoms with Crippen molar-refractivity contribution in [2.24, 2.45) is 0 Å². The van der Waals surface area contributed by atoms with E-state index in [0.717, 1.165) is 11.1 Å². The molecular formula is C21H14F2N2O3S. The van der Waals surface area contributed by atoms with Gasteiger partial charge in [0.25, 0.3) is 5.56 Å². The van der Waals surface area contributed by atoms with Crippen LogP contribution in [0.3, 0.4) is 0 Å². The molecule has 146 valence electrons. The van der Waals surface area contributed by atoms with Gasteiger partial charge >= 0.3 is 6.61 Å². The minimum Gasteiger partial charge on any atom is -0.435 e.